The lowest BCUT2D eigenvalue weighted by atomic mass is 10.0. The molecular formula is C16H19NO2. The molecule has 3 nitrogen and oxygen atoms in total. The highest BCUT2D eigenvalue weighted by Gasteiger charge is 2.14. The molecule has 19 heavy (non-hydrogen) atoms. The van der Waals surface area contributed by atoms with E-state index >= 15 is 0 Å². The van der Waals surface area contributed by atoms with Gasteiger partial charge in [-0.1, -0.05) is 31.9 Å². The summed E-state index contributed by atoms with van der Waals surface area (Å²) in [5.74, 6) is 0.0128. The van der Waals surface area contributed by atoms with Crippen molar-refractivity contribution in [3.8, 4) is 5.75 Å². The molecule has 0 aliphatic rings. The van der Waals surface area contributed by atoms with Gasteiger partial charge in [-0.3, -0.25) is 4.79 Å². The highest BCUT2D eigenvalue weighted by atomic mass is 16.3. The Hall–Kier alpha value is -1.90. The van der Waals surface area contributed by atoms with Crippen molar-refractivity contribution >= 4 is 16.7 Å². The van der Waals surface area contributed by atoms with Gasteiger partial charge in [0.2, 0.25) is 0 Å². The monoisotopic (exact) mass is 257 g/mol. The molecule has 1 N–H and O–H groups in total. The molecule has 0 amide bonds. The third-order valence-corrected chi connectivity index (χ3v) is 3.28. The quantitative estimate of drug-likeness (QED) is 0.650. The molecule has 1 heterocycles. The van der Waals surface area contributed by atoms with Crippen molar-refractivity contribution in [2.45, 2.75) is 39.5 Å². The molecule has 0 bridgehead atoms. The Balaban J connectivity index is 2.34. The van der Waals surface area contributed by atoms with Crippen LogP contribution in [0.1, 0.15) is 48.7 Å². The van der Waals surface area contributed by atoms with Crippen LogP contribution in [-0.4, -0.2) is 15.9 Å². The number of fused-ring (bicyclic) bond motifs is 1. The summed E-state index contributed by atoms with van der Waals surface area (Å²) in [6, 6.07) is 7.34. The minimum absolute atomic E-state index is 0.00356. The first-order valence-electron chi connectivity index (χ1n) is 6.76. The largest absolute Gasteiger partial charge is 0.505 e. The Morgan fingerprint density at radius 1 is 1.21 bits per heavy atom. The number of phenols is 1. The maximum absolute atomic E-state index is 12.1. The second kappa shape index (κ2) is 5.83. The minimum atomic E-state index is -0.00356. The van der Waals surface area contributed by atoms with Crippen molar-refractivity contribution in [1.82, 2.24) is 4.98 Å². The molecule has 0 atom stereocenters. The van der Waals surface area contributed by atoms with Crippen molar-refractivity contribution in [2.24, 2.45) is 0 Å². The number of aryl methyl sites for hydroxylation is 1. The molecule has 0 fully saturated rings. The van der Waals surface area contributed by atoms with Crippen LogP contribution in [0.5, 0.6) is 5.75 Å². The van der Waals surface area contributed by atoms with Gasteiger partial charge in [0.25, 0.3) is 0 Å². The Labute approximate surface area is 113 Å². The van der Waals surface area contributed by atoms with E-state index in [2.05, 4.69) is 11.9 Å². The van der Waals surface area contributed by atoms with Crippen molar-refractivity contribution in [2.75, 3.05) is 0 Å². The van der Waals surface area contributed by atoms with Gasteiger partial charge in [-0.15, -0.1) is 0 Å². The number of hydrogen-bond acceptors (Lipinski definition) is 3. The standard InChI is InChI=1S/C16H19NO2/c1-3-4-5-6-14(18)13-10-9-12-8-7-11(2)17-15(12)16(13)19/h7-10,19H,3-6H2,1-2H3. The lowest BCUT2D eigenvalue weighted by Crippen LogP contribution is -2.00. The van der Waals surface area contributed by atoms with Gasteiger partial charge in [-0.05, 0) is 25.5 Å². The number of unbranched alkanes of at least 4 members (excludes halogenated alkanes) is 2. The highest BCUT2D eigenvalue weighted by Crippen LogP contribution is 2.28. The van der Waals surface area contributed by atoms with E-state index in [-0.39, 0.29) is 11.5 Å². The number of ketones is 1. The molecule has 2 rings (SSSR count). The first kappa shape index (κ1) is 13.5. The number of aromatic nitrogens is 1. The van der Waals surface area contributed by atoms with Crippen molar-refractivity contribution in [3.63, 3.8) is 0 Å². The third kappa shape index (κ3) is 2.92. The molecule has 100 valence electrons. The molecule has 0 aliphatic heterocycles. The predicted molar refractivity (Wildman–Crippen MR) is 76.6 cm³/mol. The van der Waals surface area contributed by atoms with Gasteiger partial charge in [0.1, 0.15) is 5.52 Å². The Morgan fingerprint density at radius 2 is 1.95 bits per heavy atom. The lowest BCUT2D eigenvalue weighted by Gasteiger charge is -2.07. The maximum Gasteiger partial charge on any atom is 0.166 e. The van der Waals surface area contributed by atoms with Crippen molar-refractivity contribution in [1.29, 1.82) is 0 Å². The molecule has 1 aromatic carbocycles. The molecule has 0 spiro atoms. The van der Waals surface area contributed by atoms with Crippen molar-refractivity contribution in [3.05, 3.63) is 35.5 Å². The molecule has 0 aliphatic carbocycles. The Bertz CT molecular complexity index is 605. The van der Waals surface area contributed by atoms with Crippen LogP contribution in [0, 0.1) is 6.92 Å². The van der Waals surface area contributed by atoms with Gasteiger partial charge in [0, 0.05) is 17.5 Å². The smallest absolute Gasteiger partial charge is 0.166 e. The van der Waals surface area contributed by atoms with E-state index in [1.165, 1.54) is 0 Å². The highest BCUT2D eigenvalue weighted by molar-refractivity contribution is 6.03. The van der Waals surface area contributed by atoms with Gasteiger partial charge in [-0.25, -0.2) is 4.98 Å². The molecule has 2 aromatic rings. The summed E-state index contributed by atoms with van der Waals surface area (Å²) >= 11 is 0. The fraction of sp³-hybridized carbons (Fsp3) is 0.375. The molecule has 0 radical (unpaired) electrons. The van der Waals surface area contributed by atoms with Gasteiger partial charge in [0.15, 0.2) is 11.5 Å². The summed E-state index contributed by atoms with van der Waals surface area (Å²) in [6.45, 7) is 3.97. The molecule has 1 aromatic heterocycles. The fourth-order valence-electron chi connectivity index (χ4n) is 2.17. The number of Topliss-reactive ketones (excluding diaryl/α,β-unsaturated/α-hetero) is 1. The number of carbonyl (C=O) groups is 1. The zero-order chi connectivity index (χ0) is 13.8. The normalized spacial score (nSPS) is 10.8. The maximum atomic E-state index is 12.1. The van der Waals surface area contributed by atoms with Gasteiger partial charge in [-0.2, -0.15) is 0 Å². The summed E-state index contributed by atoms with van der Waals surface area (Å²) in [5.41, 5.74) is 1.74. The number of nitrogens with zero attached hydrogens (tertiary/aromatic N) is 1. The van der Waals surface area contributed by atoms with E-state index in [0.29, 0.717) is 17.5 Å². The third-order valence-electron chi connectivity index (χ3n) is 3.28. The van der Waals surface area contributed by atoms with E-state index in [1.54, 1.807) is 6.07 Å². The fourth-order valence-corrected chi connectivity index (χ4v) is 2.17. The zero-order valence-electron chi connectivity index (χ0n) is 11.4. The average Bonchev–Trinajstić information content (AvgIpc) is 2.40. The van der Waals surface area contributed by atoms with Crippen LogP contribution in [0.4, 0.5) is 0 Å². The number of carbonyl (C=O) groups excluding carboxylic acids is 1. The first-order chi connectivity index (χ1) is 9.13. The van der Waals surface area contributed by atoms with Crippen LogP contribution >= 0.6 is 0 Å². The Morgan fingerprint density at radius 3 is 2.68 bits per heavy atom. The Kier molecular flexibility index (Phi) is 4.15. The second-order valence-corrected chi connectivity index (χ2v) is 4.87. The van der Waals surface area contributed by atoms with Gasteiger partial charge < -0.3 is 5.11 Å². The molecule has 0 unspecified atom stereocenters. The SMILES string of the molecule is CCCCCC(=O)c1ccc2ccc(C)nc2c1O. The average molecular weight is 257 g/mol. The first-order valence-corrected chi connectivity index (χ1v) is 6.76. The second-order valence-electron chi connectivity index (χ2n) is 4.87. The van der Waals surface area contributed by atoms with Crippen LogP contribution in [0.3, 0.4) is 0 Å². The van der Waals surface area contributed by atoms with Crippen LogP contribution in [0.2, 0.25) is 0 Å². The number of benzene rings is 1. The van der Waals surface area contributed by atoms with Gasteiger partial charge >= 0.3 is 0 Å². The predicted octanol–water partition coefficient (Wildman–Crippen LogP) is 4.01. The summed E-state index contributed by atoms with van der Waals surface area (Å²) in [6.07, 6.45) is 3.47. The number of rotatable bonds is 5. The van der Waals surface area contributed by atoms with Gasteiger partial charge in [0.05, 0.1) is 5.56 Å². The van der Waals surface area contributed by atoms with Crippen molar-refractivity contribution < 1.29 is 9.90 Å². The van der Waals surface area contributed by atoms with E-state index in [9.17, 15) is 9.90 Å². The molecule has 3 heteroatoms. The molecular weight excluding hydrogens is 238 g/mol. The minimum Gasteiger partial charge on any atom is -0.505 e. The lowest BCUT2D eigenvalue weighted by molar-refractivity contribution is 0.0977. The number of phenolic OH excluding ortho intramolecular Hbond substituents is 1. The van der Waals surface area contributed by atoms with E-state index < -0.39 is 0 Å². The van der Waals surface area contributed by atoms with Crippen LogP contribution in [0.25, 0.3) is 10.9 Å². The van der Waals surface area contributed by atoms with Crippen LogP contribution < -0.4 is 0 Å². The summed E-state index contributed by atoms with van der Waals surface area (Å²) in [4.78, 5) is 16.4. The summed E-state index contributed by atoms with van der Waals surface area (Å²) < 4.78 is 0. The van der Waals surface area contributed by atoms with E-state index in [4.69, 9.17) is 0 Å². The van der Waals surface area contributed by atoms with E-state index in [0.717, 1.165) is 30.3 Å². The zero-order valence-corrected chi connectivity index (χ0v) is 11.4. The molecule has 0 saturated heterocycles. The molecule has 0 saturated carbocycles. The van der Waals surface area contributed by atoms with Crippen LogP contribution in [-0.2, 0) is 0 Å². The van der Waals surface area contributed by atoms with Crippen LogP contribution in [0.15, 0.2) is 24.3 Å². The number of pyridine rings is 1. The summed E-state index contributed by atoms with van der Waals surface area (Å²) in [7, 11) is 0. The number of aromatic hydroxyl groups is 1. The topological polar surface area (TPSA) is 50.2 Å². The summed E-state index contributed by atoms with van der Waals surface area (Å²) in [5, 5.41) is 11.1. The van der Waals surface area contributed by atoms with E-state index in [1.807, 2.05) is 25.1 Å². The number of hydrogen-bond donors (Lipinski definition) is 1.